The Bertz CT molecular complexity index is 1160. The monoisotopic (exact) mass is 482 g/mol. The minimum Gasteiger partial charge on any atom is -0.497 e. The highest BCUT2D eigenvalue weighted by Gasteiger charge is 2.15. The van der Waals surface area contributed by atoms with Crippen LogP contribution in [0.3, 0.4) is 0 Å². The van der Waals surface area contributed by atoms with Gasteiger partial charge in [-0.3, -0.25) is 4.79 Å². The Morgan fingerprint density at radius 1 is 0.912 bits per heavy atom. The number of carbonyl (C=O) groups excluding carboxylic acids is 2. The molecule has 1 N–H and O–H groups in total. The van der Waals surface area contributed by atoms with Crippen LogP contribution in [-0.4, -0.2) is 38.4 Å². The van der Waals surface area contributed by atoms with Crippen molar-refractivity contribution in [2.24, 2.45) is 5.10 Å². The van der Waals surface area contributed by atoms with Crippen LogP contribution in [0.15, 0.2) is 71.8 Å². The maximum atomic E-state index is 12.4. The number of halogens is 1. The fraction of sp³-hybridized carbons (Fsp3) is 0.160. The lowest BCUT2D eigenvalue weighted by molar-refractivity contribution is -0.127. The number of methoxy groups -OCH3 is 2. The topological polar surface area (TPSA) is 95.5 Å². The molecular weight excluding hydrogens is 460 g/mol. The minimum atomic E-state index is -0.771. The molecule has 3 aromatic rings. The number of hydrogen-bond acceptors (Lipinski definition) is 7. The summed E-state index contributed by atoms with van der Waals surface area (Å²) >= 11 is 5.84. The van der Waals surface area contributed by atoms with Crippen LogP contribution in [0.1, 0.15) is 22.8 Å². The maximum absolute atomic E-state index is 12.4. The van der Waals surface area contributed by atoms with Crippen molar-refractivity contribution in [1.82, 2.24) is 5.43 Å². The predicted molar refractivity (Wildman–Crippen MR) is 128 cm³/mol. The summed E-state index contributed by atoms with van der Waals surface area (Å²) in [5, 5.41) is 4.52. The summed E-state index contributed by atoms with van der Waals surface area (Å²) in [5.74, 6) is 0.759. The number of esters is 1. The third-order valence-corrected chi connectivity index (χ3v) is 4.85. The molecule has 8 nitrogen and oxygen atoms in total. The van der Waals surface area contributed by atoms with Gasteiger partial charge in [-0.1, -0.05) is 11.6 Å². The van der Waals surface area contributed by atoms with Gasteiger partial charge in [-0.15, -0.1) is 0 Å². The number of hydrazone groups is 1. The van der Waals surface area contributed by atoms with E-state index in [4.69, 9.17) is 30.5 Å². The van der Waals surface area contributed by atoms with E-state index in [9.17, 15) is 9.59 Å². The molecule has 0 fully saturated rings. The van der Waals surface area contributed by atoms with Crippen LogP contribution in [0.5, 0.6) is 23.0 Å². The quantitative estimate of drug-likeness (QED) is 0.209. The Balaban J connectivity index is 1.59. The van der Waals surface area contributed by atoms with E-state index in [1.807, 2.05) is 0 Å². The normalized spacial score (nSPS) is 11.5. The lowest BCUT2D eigenvalue weighted by Crippen LogP contribution is -2.33. The number of nitrogens with one attached hydrogen (secondary N) is 1. The van der Waals surface area contributed by atoms with Gasteiger partial charge in [0.05, 0.1) is 26.0 Å². The Kier molecular flexibility index (Phi) is 8.48. The molecule has 0 spiro atoms. The average Bonchev–Trinajstić information content (AvgIpc) is 2.86. The van der Waals surface area contributed by atoms with Gasteiger partial charge in [0.2, 0.25) is 0 Å². The standard InChI is InChI=1S/C25H23ClN2O6/c1-16(33-21-11-7-19(26)8-12-21)24(29)28-27-15-17-4-13-22(23(14-17)32-3)34-25(30)18-5-9-20(31-2)10-6-18/h4-16H,1-3H3,(H,28,29)/b27-15-/t16-/m0/s1. The van der Waals surface area contributed by atoms with E-state index in [2.05, 4.69) is 10.5 Å². The summed E-state index contributed by atoms with van der Waals surface area (Å²) in [6.45, 7) is 1.61. The highest BCUT2D eigenvalue weighted by Crippen LogP contribution is 2.28. The molecule has 0 aliphatic heterocycles. The van der Waals surface area contributed by atoms with Crippen LogP contribution < -0.4 is 24.4 Å². The molecule has 0 unspecified atom stereocenters. The zero-order chi connectivity index (χ0) is 24.5. The third-order valence-electron chi connectivity index (χ3n) is 4.60. The van der Waals surface area contributed by atoms with Gasteiger partial charge in [-0.2, -0.15) is 5.10 Å². The maximum Gasteiger partial charge on any atom is 0.343 e. The molecule has 0 aliphatic rings. The van der Waals surface area contributed by atoms with Crippen LogP contribution in [0.25, 0.3) is 0 Å². The third kappa shape index (κ3) is 6.73. The van der Waals surface area contributed by atoms with Gasteiger partial charge < -0.3 is 18.9 Å². The summed E-state index contributed by atoms with van der Waals surface area (Å²) in [5.41, 5.74) is 3.41. The van der Waals surface area contributed by atoms with Gasteiger partial charge in [-0.05, 0) is 79.2 Å². The summed E-state index contributed by atoms with van der Waals surface area (Å²) in [4.78, 5) is 24.6. The number of amides is 1. The lowest BCUT2D eigenvalue weighted by atomic mass is 10.2. The molecule has 176 valence electrons. The van der Waals surface area contributed by atoms with E-state index in [0.29, 0.717) is 33.4 Å². The first kappa shape index (κ1) is 24.6. The first-order valence-electron chi connectivity index (χ1n) is 10.2. The Labute approximate surface area is 202 Å². The number of rotatable bonds is 9. The van der Waals surface area contributed by atoms with E-state index in [1.165, 1.54) is 13.3 Å². The molecule has 0 saturated carbocycles. The molecular formula is C25H23ClN2O6. The van der Waals surface area contributed by atoms with Crippen molar-refractivity contribution in [3.05, 3.63) is 82.9 Å². The van der Waals surface area contributed by atoms with Crippen LogP contribution in [0.2, 0.25) is 5.02 Å². The van der Waals surface area contributed by atoms with Crippen molar-refractivity contribution >= 4 is 29.7 Å². The molecule has 3 aromatic carbocycles. The van der Waals surface area contributed by atoms with Crippen molar-refractivity contribution in [1.29, 1.82) is 0 Å². The molecule has 0 aromatic heterocycles. The zero-order valence-corrected chi connectivity index (χ0v) is 19.5. The first-order valence-corrected chi connectivity index (χ1v) is 10.6. The Morgan fingerprint density at radius 3 is 2.24 bits per heavy atom. The second-order valence-electron chi connectivity index (χ2n) is 6.98. The molecule has 1 amide bonds. The second-order valence-corrected chi connectivity index (χ2v) is 7.41. The zero-order valence-electron chi connectivity index (χ0n) is 18.8. The number of carbonyl (C=O) groups is 2. The van der Waals surface area contributed by atoms with Gasteiger partial charge in [0.1, 0.15) is 11.5 Å². The van der Waals surface area contributed by atoms with Crippen LogP contribution in [0, 0.1) is 0 Å². The van der Waals surface area contributed by atoms with Gasteiger partial charge in [0.15, 0.2) is 17.6 Å². The fourth-order valence-electron chi connectivity index (χ4n) is 2.77. The van der Waals surface area contributed by atoms with Crippen LogP contribution in [0.4, 0.5) is 0 Å². The predicted octanol–water partition coefficient (Wildman–Crippen LogP) is 4.49. The average molecular weight is 483 g/mol. The van der Waals surface area contributed by atoms with Crippen LogP contribution in [-0.2, 0) is 4.79 Å². The number of ether oxygens (including phenoxy) is 4. The number of nitrogens with zero attached hydrogens (tertiary/aromatic N) is 1. The second kappa shape index (κ2) is 11.7. The number of hydrogen-bond donors (Lipinski definition) is 1. The van der Waals surface area contributed by atoms with Gasteiger partial charge in [0, 0.05) is 5.02 Å². The summed E-state index contributed by atoms with van der Waals surface area (Å²) in [7, 11) is 3.00. The van der Waals surface area contributed by atoms with E-state index in [0.717, 1.165) is 0 Å². The van der Waals surface area contributed by atoms with E-state index in [-0.39, 0.29) is 5.75 Å². The van der Waals surface area contributed by atoms with Crippen molar-refractivity contribution in [3.63, 3.8) is 0 Å². The smallest absolute Gasteiger partial charge is 0.343 e. The molecule has 3 rings (SSSR count). The molecule has 34 heavy (non-hydrogen) atoms. The Morgan fingerprint density at radius 2 is 1.59 bits per heavy atom. The van der Waals surface area contributed by atoms with Gasteiger partial charge in [-0.25, -0.2) is 10.2 Å². The summed E-state index contributed by atoms with van der Waals surface area (Å²) in [6, 6.07) is 18.1. The highest BCUT2D eigenvalue weighted by molar-refractivity contribution is 6.30. The number of benzene rings is 3. The van der Waals surface area contributed by atoms with E-state index in [1.54, 1.807) is 80.8 Å². The lowest BCUT2D eigenvalue weighted by Gasteiger charge is -2.13. The summed E-state index contributed by atoms with van der Waals surface area (Å²) < 4.78 is 21.4. The molecule has 0 radical (unpaired) electrons. The van der Waals surface area contributed by atoms with E-state index >= 15 is 0 Å². The van der Waals surface area contributed by atoms with Crippen molar-refractivity contribution in [2.75, 3.05) is 14.2 Å². The molecule has 1 atom stereocenters. The fourth-order valence-corrected chi connectivity index (χ4v) is 2.89. The van der Waals surface area contributed by atoms with E-state index < -0.39 is 18.0 Å². The molecule has 0 aliphatic carbocycles. The van der Waals surface area contributed by atoms with Gasteiger partial charge in [0.25, 0.3) is 5.91 Å². The van der Waals surface area contributed by atoms with Crippen molar-refractivity contribution < 1.29 is 28.5 Å². The molecule has 9 heteroatoms. The largest absolute Gasteiger partial charge is 0.497 e. The van der Waals surface area contributed by atoms with Crippen molar-refractivity contribution in [2.45, 2.75) is 13.0 Å². The molecule has 0 bridgehead atoms. The molecule has 0 heterocycles. The molecule has 0 saturated heterocycles. The van der Waals surface area contributed by atoms with Crippen molar-refractivity contribution in [3.8, 4) is 23.0 Å². The first-order chi connectivity index (χ1) is 16.4. The van der Waals surface area contributed by atoms with Gasteiger partial charge >= 0.3 is 5.97 Å². The van der Waals surface area contributed by atoms with Crippen LogP contribution >= 0.6 is 11.6 Å². The Hall–Kier alpha value is -4.04. The SMILES string of the molecule is COc1ccc(C(=O)Oc2ccc(/C=N\NC(=O)[C@H](C)Oc3ccc(Cl)cc3)cc2OC)cc1. The highest BCUT2D eigenvalue weighted by atomic mass is 35.5. The minimum absolute atomic E-state index is 0.245. The summed E-state index contributed by atoms with van der Waals surface area (Å²) in [6.07, 6.45) is 0.664.